The zero-order valence-corrected chi connectivity index (χ0v) is 20.8. The summed E-state index contributed by atoms with van der Waals surface area (Å²) < 4.78 is 85.2. The van der Waals surface area contributed by atoms with E-state index < -0.39 is 41.2 Å². The number of H-pyrrole nitrogens is 1. The van der Waals surface area contributed by atoms with E-state index in [2.05, 4.69) is 5.10 Å². The molecule has 0 radical (unpaired) electrons. The van der Waals surface area contributed by atoms with Crippen molar-refractivity contribution >= 4 is 17.8 Å². The van der Waals surface area contributed by atoms with E-state index in [1.54, 1.807) is 4.90 Å². The zero-order chi connectivity index (χ0) is 30.0. The van der Waals surface area contributed by atoms with Crippen LogP contribution >= 0.6 is 0 Å². The van der Waals surface area contributed by atoms with Crippen molar-refractivity contribution in [1.82, 2.24) is 20.0 Å². The minimum atomic E-state index is -5.08. The van der Waals surface area contributed by atoms with E-state index in [0.717, 1.165) is 25.3 Å². The standard InChI is InChI=1S/C22H22F4N4O3.C2HF3O2/c1-12-3-2-4-15-10-29(11-19(31)30(12)15)21(33)16-8-13(5-6-18(16)23)7-14-9-17(22(24,25)26)20(32)28-27-14;3-2(4,5)1(6)7/h5-6,8-9,12,15H,2-4,7,10-11H2,1H3,(H,28,32);(H,6,7). The maximum absolute atomic E-state index is 14.5. The van der Waals surface area contributed by atoms with Crippen LogP contribution in [0.1, 0.15) is 53.4 Å². The van der Waals surface area contributed by atoms with Crippen LogP contribution in [0.5, 0.6) is 0 Å². The molecule has 40 heavy (non-hydrogen) atoms. The predicted octanol–water partition coefficient (Wildman–Crippen LogP) is 3.38. The molecule has 0 bridgehead atoms. The molecule has 0 saturated carbocycles. The SMILES string of the molecule is CC1CCCC2CN(C(=O)c3cc(Cc4cc(C(F)(F)F)c(=O)[nH]n4)ccc3F)CC(=O)N12.O=C(O)C(F)(F)F. The molecule has 4 rings (SSSR count). The van der Waals surface area contributed by atoms with E-state index in [0.29, 0.717) is 18.2 Å². The number of aromatic nitrogens is 2. The number of alkyl halides is 6. The molecular weight excluding hydrogens is 557 g/mol. The third-order valence-electron chi connectivity index (χ3n) is 6.41. The molecule has 2 aromatic rings. The molecule has 16 heteroatoms. The molecule has 3 heterocycles. The first-order valence-corrected chi connectivity index (χ1v) is 11.8. The molecule has 2 saturated heterocycles. The van der Waals surface area contributed by atoms with Crippen molar-refractivity contribution in [2.45, 2.75) is 57.0 Å². The number of aromatic amines is 1. The largest absolute Gasteiger partial charge is 0.490 e. The van der Waals surface area contributed by atoms with Gasteiger partial charge in [0.25, 0.3) is 11.5 Å². The van der Waals surface area contributed by atoms with Gasteiger partial charge in [0.1, 0.15) is 17.9 Å². The molecule has 2 unspecified atom stereocenters. The van der Waals surface area contributed by atoms with Gasteiger partial charge in [0, 0.05) is 25.0 Å². The van der Waals surface area contributed by atoms with Crippen molar-refractivity contribution in [2.75, 3.05) is 13.1 Å². The number of fused-ring (bicyclic) bond motifs is 1. The fourth-order valence-electron chi connectivity index (χ4n) is 4.61. The summed E-state index contributed by atoms with van der Waals surface area (Å²) in [4.78, 5) is 49.1. The molecule has 2 atom stereocenters. The number of halogens is 7. The Kier molecular flexibility index (Phi) is 8.89. The van der Waals surface area contributed by atoms with Crippen molar-refractivity contribution in [3.63, 3.8) is 0 Å². The highest BCUT2D eigenvalue weighted by atomic mass is 19.4. The Balaban J connectivity index is 0.000000559. The Morgan fingerprint density at radius 3 is 2.35 bits per heavy atom. The van der Waals surface area contributed by atoms with Crippen molar-refractivity contribution < 1.29 is 50.2 Å². The van der Waals surface area contributed by atoms with Gasteiger partial charge < -0.3 is 14.9 Å². The van der Waals surface area contributed by atoms with E-state index in [4.69, 9.17) is 9.90 Å². The fourth-order valence-corrected chi connectivity index (χ4v) is 4.61. The van der Waals surface area contributed by atoms with Crippen LogP contribution in [0.2, 0.25) is 0 Å². The van der Waals surface area contributed by atoms with Crippen molar-refractivity contribution in [3.05, 3.63) is 62.8 Å². The highest BCUT2D eigenvalue weighted by Crippen LogP contribution is 2.29. The average Bonchev–Trinajstić information content (AvgIpc) is 2.85. The number of carboxylic acid groups (broad SMARTS) is 1. The fraction of sp³-hybridized carbons (Fsp3) is 0.458. The smallest absolute Gasteiger partial charge is 0.475 e. The molecule has 2 fully saturated rings. The lowest BCUT2D eigenvalue weighted by atomic mass is 9.93. The first kappa shape index (κ1) is 30.6. The van der Waals surface area contributed by atoms with Crippen molar-refractivity contribution in [3.8, 4) is 0 Å². The van der Waals surface area contributed by atoms with Gasteiger partial charge in [0.05, 0.1) is 11.3 Å². The van der Waals surface area contributed by atoms with E-state index in [1.165, 1.54) is 17.0 Å². The first-order chi connectivity index (χ1) is 18.5. The minimum Gasteiger partial charge on any atom is -0.475 e. The third kappa shape index (κ3) is 7.15. The van der Waals surface area contributed by atoms with Gasteiger partial charge in [-0.25, -0.2) is 14.3 Å². The Bertz CT molecular complexity index is 1340. The maximum atomic E-state index is 14.5. The Labute approximate surface area is 221 Å². The topological polar surface area (TPSA) is 124 Å². The summed E-state index contributed by atoms with van der Waals surface area (Å²) in [5.41, 5.74) is -2.76. The quantitative estimate of drug-likeness (QED) is 0.537. The van der Waals surface area contributed by atoms with Gasteiger partial charge in [-0.3, -0.25) is 14.4 Å². The molecule has 9 nitrogen and oxygen atoms in total. The molecule has 1 aromatic heterocycles. The number of nitrogens with zero attached hydrogens (tertiary/aromatic N) is 3. The number of hydrogen-bond acceptors (Lipinski definition) is 5. The summed E-state index contributed by atoms with van der Waals surface area (Å²) in [5, 5.41) is 12.6. The second-order valence-electron chi connectivity index (χ2n) is 9.31. The van der Waals surface area contributed by atoms with E-state index in [-0.39, 0.29) is 42.2 Å². The zero-order valence-electron chi connectivity index (χ0n) is 20.8. The number of benzene rings is 1. The monoisotopic (exact) mass is 580 g/mol. The number of piperidine rings is 1. The molecule has 218 valence electrons. The second-order valence-corrected chi connectivity index (χ2v) is 9.31. The number of aliphatic carboxylic acids is 1. The molecule has 1 aromatic carbocycles. The second kappa shape index (κ2) is 11.6. The highest BCUT2D eigenvalue weighted by Gasteiger charge is 2.40. The summed E-state index contributed by atoms with van der Waals surface area (Å²) >= 11 is 0. The third-order valence-corrected chi connectivity index (χ3v) is 6.41. The Hall–Kier alpha value is -3.98. The number of amides is 2. The van der Waals surface area contributed by atoms with Crippen molar-refractivity contribution in [2.24, 2.45) is 0 Å². The first-order valence-electron chi connectivity index (χ1n) is 11.8. The predicted molar refractivity (Wildman–Crippen MR) is 123 cm³/mol. The molecule has 2 aliphatic rings. The van der Waals surface area contributed by atoms with E-state index in [1.807, 2.05) is 12.0 Å². The Morgan fingerprint density at radius 2 is 1.75 bits per heavy atom. The van der Waals surface area contributed by atoms with Crippen LogP contribution in [-0.2, 0) is 22.2 Å². The van der Waals surface area contributed by atoms with Gasteiger partial charge in [0.15, 0.2) is 0 Å². The van der Waals surface area contributed by atoms with Crippen LogP contribution in [0.15, 0.2) is 29.1 Å². The minimum absolute atomic E-state index is 0.0908. The molecule has 0 spiro atoms. The normalized spacial score (nSPS) is 19.4. The number of nitrogens with one attached hydrogen (secondary N) is 1. The van der Waals surface area contributed by atoms with Crippen LogP contribution in [0, 0.1) is 5.82 Å². The summed E-state index contributed by atoms with van der Waals surface area (Å²) in [7, 11) is 0. The number of carboxylic acids is 1. The number of rotatable bonds is 3. The lowest BCUT2D eigenvalue weighted by molar-refractivity contribution is -0.192. The number of hydrogen-bond donors (Lipinski definition) is 2. The van der Waals surface area contributed by atoms with Crippen LogP contribution in [0.25, 0.3) is 0 Å². The van der Waals surface area contributed by atoms with Crippen LogP contribution in [-0.4, -0.2) is 74.2 Å². The molecule has 2 aliphatic heterocycles. The molecule has 2 N–H and O–H groups in total. The summed E-state index contributed by atoms with van der Waals surface area (Å²) in [6, 6.07) is 4.25. The number of carbonyl (C=O) groups excluding carboxylic acids is 2. The van der Waals surface area contributed by atoms with Gasteiger partial charge in [-0.1, -0.05) is 6.07 Å². The molecule has 0 aliphatic carbocycles. The highest BCUT2D eigenvalue weighted by molar-refractivity contribution is 5.97. The van der Waals surface area contributed by atoms with Crippen LogP contribution in [0.3, 0.4) is 0 Å². The molecule has 2 amide bonds. The average molecular weight is 580 g/mol. The van der Waals surface area contributed by atoms with Crippen LogP contribution in [0.4, 0.5) is 30.7 Å². The van der Waals surface area contributed by atoms with Crippen molar-refractivity contribution in [1.29, 1.82) is 0 Å². The Morgan fingerprint density at radius 1 is 1.10 bits per heavy atom. The van der Waals surface area contributed by atoms with Gasteiger partial charge in [-0.15, -0.1) is 0 Å². The van der Waals surface area contributed by atoms with Gasteiger partial charge in [-0.2, -0.15) is 31.4 Å². The number of piperazine rings is 1. The van der Waals surface area contributed by atoms with Gasteiger partial charge >= 0.3 is 18.3 Å². The summed E-state index contributed by atoms with van der Waals surface area (Å²) in [6.45, 7) is 2.12. The van der Waals surface area contributed by atoms with Crippen LogP contribution < -0.4 is 5.56 Å². The van der Waals surface area contributed by atoms with Gasteiger partial charge in [-0.05, 0) is 49.9 Å². The maximum Gasteiger partial charge on any atom is 0.490 e. The molecular formula is C24H23F7N4O5. The lowest BCUT2D eigenvalue weighted by Gasteiger charge is -2.47. The van der Waals surface area contributed by atoms with Gasteiger partial charge in [0.2, 0.25) is 5.91 Å². The number of carbonyl (C=O) groups is 3. The van der Waals surface area contributed by atoms with E-state index in [9.17, 15) is 45.1 Å². The lowest BCUT2D eigenvalue weighted by Crippen LogP contribution is -2.61. The van der Waals surface area contributed by atoms with E-state index >= 15 is 0 Å². The summed E-state index contributed by atoms with van der Waals surface area (Å²) in [6.07, 6.45) is -7.48. The summed E-state index contributed by atoms with van der Waals surface area (Å²) in [5.74, 6) is -4.37.